The zero-order valence-corrected chi connectivity index (χ0v) is 11.7. The van der Waals surface area contributed by atoms with Crippen LogP contribution in [0.4, 0.5) is 0 Å². The molecule has 0 spiro atoms. The fraction of sp³-hybridized carbons (Fsp3) is 0.875. The van der Waals surface area contributed by atoms with Gasteiger partial charge in [0.15, 0.2) is 0 Å². The standard InChI is InChI=1S/C8H16O2.3H3N.H2O4S/c1-2-3-4-5-6-7-8(9)10;;;;1-5(2,3)4/h2-7H2,1H3,(H,9,10);3*1H3;(H2,1,2,3,4). The lowest BCUT2D eigenvalue weighted by Gasteiger charge is -1.95. The number of carbonyl (C=O) groups is 1. The summed E-state index contributed by atoms with van der Waals surface area (Å²) in [5.41, 5.74) is 0. The summed E-state index contributed by atoms with van der Waals surface area (Å²) in [5, 5.41) is 8.27. The number of hydrogen-bond donors (Lipinski definition) is 6. The summed E-state index contributed by atoms with van der Waals surface area (Å²) in [6.45, 7) is 2.15. The average molecular weight is 293 g/mol. The highest BCUT2D eigenvalue weighted by Crippen LogP contribution is 2.04. The van der Waals surface area contributed by atoms with Gasteiger partial charge < -0.3 is 23.6 Å². The zero-order chi connectivity index (χ0) is 12.3. The van der Waals surface area contributed by atoms with Crippen molar-refractivity contribution in [3.05, 3.63) is 0 Å². The monoisotopic (exact) mass is 293 g/mol. The molecule has 116 valence electrons. The topological polar surface area (TPSA) is 217 Å². The lowest BCUT2D eigenvalue weighted by molar-refractivity contribution is -0.137. The lowest BCUT2D eigenvalue weighted by atomic mass is 10.1. The van der Waals surface area contributed by atoms with Crippen molar-refractivity contribution in [3.8, 4) is 0 Å². The molecule has 0 heterocycles. The van der Waals surface area contributed by atoms with Gasteiger partial charge in [-0.05, 0) is 6.42 Å². The van der Waals surface area contributed by atoms with Crippen molar-refractivity contribution in [2.24, 2.45) is 0 Å². The fourth-order valence-electron chi connectivity index (χ4n) is 0.880. The van der Waals surface area contributed by atoms with Gasteiger partial charge in [0.05, 0.1) is 0 Å². The lowest BCUT2D eigenvalue weighted by Crippen LogP contribution is -1.93. The number of aliphatic carboxylic acids is 1. The van der Waals surface area contributed by atoms with Crippen LogP contribution in [-0.4, -0.2) is 28.6 Å². The van der Waals surface area contributed by atoms with Crippen molar-refractivity contribution < 1.29 is 27.4 Å². The third-order valence-electron chi connectivity index (χ3n) is 1.49. The van der Waals surface area contributed by atoms with Gasteiger partial charge in [-0.25, -0.2) is 0 Å². The van der Waals surface area contributed by atoms with E-state index in [9.17, 15) is 4.79 Å². The summed E-state index contributed by atoms with van der Waals surface area (Å²) in [7, 11) is -4.67. The van der Waals surface area contributed by atoms with Gasteiger partial charge in [-0.3, -0.25) is 13.9 Å². The van der Waals surface area contributed by atoms with Crippen LogP contribution in [-0.2, 0) is 15.2 Å². The predicted octanol–water partition coefficient (Wildman–Crippen LogP) is 2.26. The van der Waals surface area contributed by atoms with E-state index in [1.807, 2.05) is 0 Å². The molecular formula is C8H27N3O6S. The second kappa shape index (κ2) is 18.6. The second-order valence-corrected chi connectivity index (χ2v) is 3.90. The Morgan fingerprint density at radius 3 is 1.56 bits per heavy atom. The summed E-state index contributed by atoms with van der Waals surface area (Å²) in [6, 6.07) is 0. The Hall–Kier alpha value is -0.780. The largest absolute Gasteiger partial charge is 0.481 e. The summed E-state index contributed by atoms with van der Waals surface area (Å²) in [5.74, 6) is -0.670. The molecule has 0 saturated carbocycles. The third-order valence-corrected chi connectivity index (χ3v) is 1.49. The molecule has 0 aromatic heterocycles. The van der Waals surface area contributed by atoms with Gasteiger partial charge >= 0.3 is 16.4 Å². The molecule has 0 fully saturated rings. The number of hydrogen-bond acceptors (Lipinski definition) is 6. The Morgan fingerprint density at radius 1 is 0.944 bits per heavy atom. The molecule has 0 aromatic carbocycles. The summed E-state index contributed by atoms with van der Waals surface area (Å²) in [4.78, 5) is 10.0. The second-order valence-electron chi connectivity index (χ2n) is 3.01. The van der Waals surface area contributed by atoms with E-state index in [4.69, 9.17) is 22.6 Å². The Labute approximate surface area is 108 Å². The van der Waals surface area contributed by atoms with Crippen LogP contribution in [0.15, 0.2) is 0 Å². The molecule has 0 radical (unpaired) electrons. The van der Waals surface area contributed by atoms with Crippen LogP contribution in [0.5, 0.6) is 0 Å². The normalized spacial score (nSPS) is 8.61. The van der Waals surface area contributed by atoms with Crippen LogP contribution in [0.2, 0.25) is 0 Å². The van der Waals surface area contributed by atoms with E-state index in [0.29, 0.717) is 6.42 Å². The van der Waals surface area contributed by atoms with Crippen molar-refractivity contribution in [2.75, 3.05) is 0 Å². The van der Waals surface area contributed by atoms with Gasteiger partial charge in [0.1, 0.15) is 0 Å². The van der Waals surface area contributed by atoms with E-state index >= 15 is 0 Å². The highest BCUT2D eigenvalue weighted by Gasteiger charge is 1.94. The Bertz CT molecular complexity index is 250. The molecule has 0 aromatic rings. The van der Waals surface area contributed by atoms with E-state index in [1.165, 1.54) is 19.3 Å². The molecule has 0 atom stereocenters. The first-order valence-electron chi connectivity index (χ1n) is 4.69. The highest BCUT2D eigenvalue weighted by molar-refractivity contribution is 7.79. The van der Waals surface area contributed by atoms with Crippen LogP contribution in [0.1, 0.15) is 45.4 Å². The molecule has 12 N–H and O–H groups in total. The summed E-state index contributed by atoms with van der Waals surface area (Å²) >= 11 is 0. The van der Waals surface area contributed by atoms with Gasteiger partial charge in [0.25, 0.3) is 0 Å². The van der Waals surface area contributed by atoms with Gasteiger partial charge in [-0.2, -0.15) is 8.42 Å². The van der Waals surface area contributed by atoms with Crippen molar-refractivity contribution in [3.63, 3.8) is 0 Å². The first kappa shape index (κ1) is 30.3. The predicted molar refractivity (Wildman–Crippen MR) is 70.3 cm³/mol. The maximum Gasteiger partial charge on any atom is 0.394 e. The number of rotatable bonds is 6. The molecule has 0 unspecified atom stereocenters. The SMILES string of the molecule is CCCCCCCC(=O)O.N.N.N.O=S(=O)(O)O. The van der Waals surface area contributed by atoms with Crippen LogP contribution in [0, 0.1) is 0 Å². The zero-order valence-electron chi connectivity index (χ0n) is 10.8. The maximum atomic E-state index is 10.0. The quantitative estimate of drug-likeness (QED) is 0.312. The van der Waals surface area contributed by atoms with Crippen LogP contribution < -0.4 is 18.5 Å². The Morgan fingerprint density at radius 2 is 1.28 bits per heavy atom. The highest BCUT2D eigenvalue weighted by atomic mass is 32.3. The molecular weight excluding hydrogens is 266 g/mol. The number of carboxylic acids is 1. The van der Waals surface area contributed by atoms with E-state index in [-0.39, 0.29) is 18.5 Å². The van der Waals surface area contributed by atoms with Crippen LogP contribution in [0.25, 0.3) is 0 Å². The number of carboxylic acid groups (broad SMARTS) is 1. The molecule has 10 heteroatoms. The minimum Gasteiger partial charge on any atom is -0.481 e. The first-order valence-corrected chi connectivity index (χ1v) is 6.08. The molecule has 0 aliphatic carbocycles. The van der Waals surface area contributed by atoms with Gasteiger partial charge in [-0.15, -0.1) is 0 Å². The molecule has 0 saturated heterocycles. The third kappa shape index (κ3) is 79.5. The molecule has 0 bridgehead atoms. The molecule has 0 rings (SSSR count). The van der Waals surface area contributed by atoms with Crippen LogP contribution in [0.3, 0.4) is 0 Å². The summed E-state index contributed by atoms with van der Waals surface area (Å²) in [6.07, 6.45) is 5.88. The van der Waals surface area contributed by atoms with Gasteiger partial charge in [-0.1, -0.05) is 32.6 Å². The Kier molecular flexibility index (Phi) is 31.3. The van der Waals surface area contributed by atoms with Crippen molar-refractivity contribution in [1.82, 2.24) is 18.5 Å². The average Bonchev–Trinajstić information content (AvgIpc) is 2.00. The van der Waals surface area contributed by atoms with Crippen molar-refractivity contribution >= 4 is 16.4 Å². The summed E-state index contributed by atoms with van der Waals surface area (Å²) < 4.78 is 31.6. The van der Waals surface area contributed by atoms with Crippen molar-refractivity contribution in [1.29, 1.82) is 0 Å². The Balaban J connectivity index is -0.0000000621. The van der Waals surface area contributed by atoms with E-state index in [1.54, 1.807) is 0 Å². The van der Waals surface area contributed by atoms with Crippen LogP contribution >= 0.6 is 0 Å². The van der Waals surface area contributed by atoms with E-state index < -0.39 is 16.4 Å². The van der Waals surface area contributed by atoms with Gasteiger partial charge in [0.2, 0.25) is 0 Å². The molecule has 9 nitrogen and oxygen atoms in total. The van der Waals surface area contributed by atoms with Crippen molar-refractivity contribution in [2.45, 2.75) is 45.4 Å². The fourth-order valence-corrected chi connectivity index (χ4v) is 0.880. The first-order chi connectivity index (χ1) is 6.77. The van der Waals surface area contributed by atoms with E-state index in [0.717, 1.165) is 12.8 Å². The smallest absolute Gasteiger partial charge is 0.394 e. The molecule has 18 heavy (non-hydrogen) atoms. The maximum absolute atomic E-state index is 10.0. The molecule has 0 aliphatic heterocycles. The number of unbranched alkanes of at least 4 members (excludes halogenated alkanes) is 4. The van der Waals surface area contributed by atoms with E-state index in [2.05, 4.69) is 6.92 Å². The minimum absolute atomic E-state index is 0. The van der Waals surface area contributed by atoms with Gasteiger partial charge in [0, 0.05) is 6.42 Å². The minimum atomic E-state index is -4.67. The molecule has 0 aliphatic rings. The molecule has 0 amide bonds.